The topological polar surface area (TPSA) is 59.2 Å². The summed E-state index contributed by atoms with van der Waals surface area (Å²) < 4.78 is 0. The van der Waals surface area contributed by atoms with Gasteiger partial charge in [-0.1, -0.05) is 30.3 Å². The minimum absolute atomic E-state index is 0. The summed E-state index contributed by atoms with van der Waals surface area (Å²) in [5.41, 5.74) is 7.84. The number of likely N-dealkylation sites (tertiary alicyclic amines) is 1. The second-order valence-corrected chi connectivity index (χ2v) is 6.85. The molecule has 0 atom stereocenters. The molecule has 0 radical (unpaired) electrons. The van der Waals surface area contributed by atoms with E-state index < -0.39 is 0 Å². The molecule has 124 valence electrons. The lowest BCUT2D eigenvalue weighted by Gasteiger charge is -2.41. The number of rotatable bonds is 3. The third kappa shape index (κ3) is 3.42. The summed E-state index contributed by atoms with van der Waals surface area (Å²) in [5.74, 6) is 0.0381. The Kier molecular flexibility index (Phi) is 5.79. The molecular formula is C17H22ClN3OS. The van der Waals surface area contributed by atoms with E-state index in [9.17, 15) is 4.79 Å². The van der Waals surface area contributed by atoms with Crippen LogP contribution in [0.1, 0.15) is 29.1 Å². The van der Waals surface area contributed by atoms with Crippen LogP contribution >= 0.6 is 23.7 Å². The number of carbonyl (C=O) groups excluding carboxylic acids is 1. The van der Waals surface area contributed by atoms with E-state index in [0.29, 0.717) is 0 Å². The number of hydrogen-bond acceptors (Lipinski definition) is 4. The second kappa shape index (κ2) is 7.43. The van der Waals surface area contributed by atoms with Crippen LogP contribution in [0.5, 0.6) is 0 Å². The third-order valence-corrected chi connectivity index (χ3v) is 5.35. The van der Waals surface area contributed by atoms with Gasteiger partial charge in [0.15, 0.2) is 0 Å². The molecule has 1 aromatic heterocycles. The van der Waals surface area contributed by atoms with Gasteiger partial charge in [0.1, 0.15) is 0 Å². The Morgan fingerprint density at radius 3 is 2.48 bits per heavy atom. The van der Waals surface area contributed by atoms with Crippen LogP contribution in [0.2, 0.25) is 0 Å². The number of aromatic nitrogens is 1. The summed E-state index contributed by atoms with van der Waals surface area (Å²) in [6, 6.07) is 10.5. The summed E-state index contributed by atoms with van der Waals surface area (Å²) in [4.78, 5) is 18.5. The van der Waals surface area contributed by atoms with E-state index in [-0.39, 0.29) is 30.3 Å². The molecule has 0 unspecified atom stereocenters. The van der Waals surface area contributed by atoms with E-state index in [1.807, 2.05) is 17.9 Å². The lowest BCUT2D eigenvalue weighted by molar-refractivity contribution is -0.131. The number of benzene rings is 1. The zero-order valence-corrected chi connectivity index (χ0v) is 14.8. The van der Waals surface area contributed by atoms with E-state index >= 15 is 0 Å². The highest BCUT2D eigenvalue weighted by atomic mass is 35.5. The van der Waals surface area contributed by atoms with Gasteiger partial charge in [-0.3, -0.25) is 4.79 Å². The molecule has 0 saturated carbocycles. The molecule has 23 heavy (non-hydrogen) atoms. The first-order chi connectivity index (χ1) is 10.7. The van der Waals surface area contributed by atoms with Crippen LogP contribution in [0.15, 0.2) is 35.7 Å². The largest absolute Gasteiger partial charge is 0.342 e. The molecule has 1 saturated heterocycles. The molecule has 2 aromatic rings. The molecule has 3 rings (SSSR count). The van der Waals surface area contributed by atoms with Gasteiger partial charge in [-0.15, -0.1) is 23.7 Å². The van der Waals surface area contributed by atoms with Crippen LogP contribution in [0.3, 0.4) is 0 Å². The Morgan fingerprint density at radius 2 is 1.96 bits per heavy atom. The van der Waals surface area contributed by atoms with Crippen LogP contribution in [0.25, 0.3) is 0 Å². The molecule has 0 spiro atoms. The Hall–Kier alpha value is -1.43. The van der Waals surface area contributed by atoms with Crippen molar-refractivity contribution in [1.29, 1.82) is 0 Å². The number of aryl methyl sites for hydroxylation is 1. The maximum absolute atomic E-state index is 11.8. The molecular weight excluding hydrogens is 330 g/mol. The molecule has 0 bridgehead atoms. The Labute approximate surface area is 147 Å². The molecule has 1 aliphatic heterocycles. The summed E-state index contributed by atoms with van der Waals surface area (Å²) in [7, 11) is 0. The number of halogens is 1. The first-order valence-corrected chi connectivity index (χ1v) is 8.50. The number of piperidine rings is 1. The van der Waals surface area contributed by atoms with Gasteiger partial charge in [0.05, 0.1) is 17.2 Å². The van der Waals surface area contributed by atoms with Crippen molar-refractivity contribution in [1.82, 2.24) is 9.88 Å². The van der Waals surface area contributed by atoms with Crippen molar-refractivity contribution in [2.24, 2.45) is 5.73 Å². The highest BCUT2D eigenvalue weighted by molar-refractivity contribution is 7.09. The Bertz CT molecular complexity index is 651. The minimum atomic E-state index is -0.0859. The number of carbonyl (C=O) groups is 1. The van der Waals surface area contributed by atoms with Gasteiger partial charge < -0.3 is 10.6 Å². The van der Waals surface area contributed by atoms with Gasteiger partial charge in [-0.05, 0) is 25.3 Å². The highest BCUT2D eigenvalue weighted by Gasteiger charge is 2.40. The molecule has 6 heteroatoms. The first kappa shape index (κ1) is 17.9. The zero-order chi connectivity index (χ0) is 15.6. The smallest absolute Gasteiger partial charge is 0.236 e. The fourth-order valence-electron chi connectivity index (χ4n) is 3.30. The van der Waals surface area contributed by atoms with Crippen molar-refractivity contribution in [3.63, 3.8) is 0 Å². The third-order valence-electron chi connectivity index (χ3n) is 4.58. The lowest BCUT2D eigenvalue weighted by Crippen LogP contribution is -2.47. The van der Waals surface area contributed by atoms with E-state index in [2.05, 4.69) is 29.6 Å². The second-order valence-electron chi connectivity index (χ2n) is 5.78. The molecule has 2 heterocycles. The van der Waals surface area contributed by atoms with Gasteiger partial charge in [-0.2, -0.15) is 0 Å². The van der Waals surface area contributed by atoms with Crippen molar-refractivity contribution < 1.29 is 4.79 Å². The number of hydrogen-bond donors (Lipinski definition) is 1. The number of nitrogens with zero attached hydrogens (tertiary/aromatic N) is 2. The van der Waals surface area contributed by atoms with Crippen LogP contribution in [0, 0.1) is 6.92 Å². The number of thiazole rings is 1. The first-order valence-electron chi connectivity index (χ1n) is 7.62. The highest BCUT2D eigenvalue weighted by Crippen LogP contribution is 2.41. The molecule has 2 N–H and O–H groups in total. The van der Waals surface area contributed by atoms with Crippen molar-refractivity contribution in [3.8, 4) is 0 Å². The quantitative estimate of drug-likeness (QED) is 0.925. The molecule has 0 aliphatic carbocycles. The molecule has 1 fully saturated rings. The summed E-state index contributed by atoms with van der Waals surface area (Å²) in [5, 5.41) is 3.26. The molecule has 1 amide bonds. The Balaban J connectivity index is 0.00000192. The van der Waals surface area contributed by atoms with Gasteiger partial charge >= 0.3 is 0 Å². The van der Waals surface area contributed by atoms with Crippen LogP contribution in [-0.2, 0) is 10.2 Å². The van der Waals surface area contributed by atoms with Crippen molar-refractivity contribution >= 4 is 29.7 Å². The normalized spacial score (nSPS) is 16.7. The van der Waals surface area contributed by atoms with Gasteiger partial charge in [0.25, 0.3) is 0 Å². The van der Waals surface area contributed by atoms with E-state index in [1.165, 1.54) is 5.56 Å². The van der Waals surface area contributed by atoms with E-state index in [0.717, 1.165) is 36.6 Å². The number of amides is 1. The van der Waals surface area contributed by atoms with Crippen LogP contribution in [-0.4, -0.2) is 35.4 Å². The minimum Gasteiger partial charge on any atom is -0.342 e. The summed E-state index contributed by atoms with van der Waals surface area (Å²) in [6.45, 7) is 3.61. The van der Waals surface area contributed by atoms with Gasteiger partial charge in [-0.25, -0.2) is 4.98 Å². The average molecular weight is 352 g/mol. The summed E-state index contributed by atoms with van der Waals surface area (Å²) >= 11 is 1.69. The number of nitrogens with two attached hydrogens (primary N) is 1. The predicted molar refractivity (Wildman–Crippen MR) is 96.2 cm³/mol. The zero-order valence-electron chi connectivity index (χ0n) is 13.2. The lowest BCUT2D eigenvalue weighted by atomic mass is 9.70. The maximum atomic E-state index is 11.8. The fraction of sp³-hybridized carbons (Fsp3) is 0.412. The van der Waals surface area contributed by atoms with Crippen molar-refractivity contribution in [3.05, 3.63) is 52.0 Å². The monoisotopic (exact) mass is 351 g/mol. The van der Waals surface area contributed by atoms with Crippen LogP contribution < -0.4 is 5.73 Å². The standard InChI is InChI=1S/C17H21N3OS.ClH/c1-13-19-15(12-22-13)17(14-5-3-2-4-6-14)7-9-20(10-8-17)16(21)11-18;/h2-6,12H,7-11,18H2,1H3;1H. The summed E-state index contributed by atoms with van der Waals surface area (Å²) in [6.07, 6.45) is 1.79. The van der Waals surface area contributed by atoms with E-state index in [1.54, 1.807) is 11.3 Å². The van der Waals surface area contributed by atoms with Gasteiger partial charge in [0.2, 0.25) is 5.91 Å². The fourth-order valence-corrected chi connectivity index (χ4v) is 4.01. The van der Waals surface area contributed by atoms with E-state index in [4.69, 9.17) is 10.7 Å². The Morgan fingerprint density at radius 1 is 1.30 bits per heavy atom. The predicted octanol–water partition coefficient (Wildman–Crippen LogP) is 2.74. The van der Waals surface area contributed by atoms with Crippen molar-refractivity contribution in [2.75, 3.05) is 19.6 Å². The average Bonchev–Trinajstić information content (AvgIpc) is 3.02. The molecule has 1 aliphatic rings. The van der Waals surface area contributed by atoms with Gasteiger partial charge in [0, 0.05) is 23.9 Å². The molecule has 4 nitrogen and oxygen atoms in total. The van der Waals surface area contributed by atoms with Crippen molar-refractivity contribution in [2.45, 2.75) is 25.2 Å². The van der Waals surface area contributed by atoms with Crippen LogP contribution in [0.4, 0.5) is 0 Å². The SMILES string of the molecule is Cc1nc(C2(c3ccccc3)CCN(C(=O)CN)CC2)cs1.Cl. The molecule has 1 aromatic carbocycles. The maximum Gasteiger partial charge on any atom is 0.236 e.